The predicted octanol–water partition coefficient (Wildman–Crippen LogP) is 3.16. The molecule has 0 bridgehead atoms. The summed E-state index contributed by atoms with van der Waals surface area (Å²) in [6.45, 7) is 0. The first-order chi connectivity index (χ1) is 9.99. The lowest BCUT2D eigenvalue weighted by atomic mass is 10.1. The Balaban J connectivity index is 2.36. The maximum Gasteiger partial charge on any atom is 0.337 e. The molecule has 0 radical (unpaired) electrons. The molecule has 0 saturated heterocycles. The van der Waals surface area contributed by atoms with Crippen LogP contribution in [-0.4, -0.2) is 26.1 Å². The number of nitrogens with zero attached hydrogens (tertiary/aromatic N) is 3. The van der Waals surface area contributed by atoms with Crippen LogP contribution in [0.4, 0.5) is 8.78 Å². The molecular formula is C13H6BrF2N3O2. The number of aromatic carboxylic acids is 1. The topological polar surface area (TPSA) is 68.0 Å². The quantitative estimate of drug-likeness (QED) is 0.718. The minimum absolute atomic E-state index is 0.0374. The number of carboxylic acid groups (broad SMARTS) is 1. The first kappa shape index (κ1) is 13.6. The van der Waals surface area contributed by atoms with E-state index in [1.807, 2.05) is 0 Å². The van der Waals surface area contributed by atoms with Crippen LogP contribution < -0.4 is 0 Å². The standard InChI is InChI=1S/C13H6BrF2N3O2/c14-7-4-11(9(16)5-8(7)15)19-12-6(13(20)21)2-1-3-10(12)17-18-19/h1-5H,(H,20,21). The molecule has 1 aromatic heterocycles. The Morgan fingerprint density at radius 3 is 2.71 bits per heavy atom. The van der Waals surface area contributed by atoms with Gasteiger partial charge in [-0.2, -0.15) is 0 Å². The number of para-hydroxylation sites is 1. The maximum atomic E-state index is 14.0. The van der Waals surface area contributed by atoms with Crippen molar-refractivity contribution < 1.29 is 18.7 Å². The molecule has 0 spiro atoms. The zero-order chi connectivity index (χ0) is 15.1. The van der Waals surface area contributed by atoms with Gasteiger partial charge in [0, 0.05) is 6.07 Å². The zero-order valence-electron chi connectivity index (χ0n) is 10.2. The summed E-state index contributed by atoms with van der Waals surface area (Å²) in [5.74, 6) is -2.83. The smallest absolute Gasteiger partial charge is 0.337 e. The van der Waals surface area contributed by atoms with Crippen LogP contribution in [0.25, 0.3) is 16.7 Å². The van der Waals surface area contributed by atoms with Crippen molar-refractivity contribution in [2.45, 2.75) is 0 Å². The van der Waals surface area contributed by atoms with Gasteiger partial charge in [-0.3, -0.25) is 0 Å². The number of hydrogen-bond acceptors (Lipinski definition) is 3. The van der Waals surface area contributed by atoms with E-state index in [-0.39, 0.29) is 21.2 Å². The van der Waals surface area contributed by atoms with Crippen LogP contribution in [-0.2, 0) is 0 Å². The van der Waals surface area contributed by atoms with Gasteiger partial charge in [-0.25, -0.2) is 18.3 Å². The summed E-state index contributed by atoms with van der Waals surface area (Å²) in [5.41, 5.74) is 0.272. The molecular weight excluding hydrogens is 348 g/mol. The highest BCUT2D eigenvalue weighted by Gasteiger charge is 2.18. The van der Waals surface area contributed by atoms with E-state index >= 15 is 0 Å². The fourth-order valence-corrected chi connectivity index (χ4v) is 2.32. The average Bonchev–Trinajstić information content (AvgIpc) is 2.86. The van der Waals surface area contributed by atoms with E-state index in [4.69, 9.17) is 0 Å². The molecule has 1 N–H and O–H groups in total. The lowest BCUT2D eigenvalue weighted by Crippen LogP contribution is -2.05. The van der Waals surface area contributed by atoms with Gasteiger partial charge in [-0.1, -0.05) is 11.3 Å². The molecule has 0 aliphatic heterocycles. The van der Waals surface area contributed by atoms with Gasteiger partial charge in [-0.15, -0.1) is 5.10 Å². The van der Waals surface area contributed by atoms with Gasteiger partial charge in [0.25, 0.3) is 0 Å². The summed E-state index contributed by atoms with van der Waals surface area (Å²) in [4.78, 5) is 11.3. The van der Waals surface area contributed by atoms with Crippen molar-refractivity contribution in [1.82, 2.24) is 15.0 Å². The Kier molecular flexibility index (Phi) is 3.17. The van der Waals surface area contributed by atoms with Crippen molar-refractivity contribution in [3.63, 3.8) is 0 Å². The summed E-state index contributed by atoms with van der Waals surface area (Å²) >= 11 is 2.96. The molecule has 21 heavy (non-hydrogen) atoms. The van der Waals surface area contributed by atoms with E-state index in [2.05, 4.69) is 26.2 Å². The Labute approximate surface area is 124 Å². The molecule has 1 heterocycles. The molecule has 0 aliphatic carbocycles. The molecule has 3 aromatic rings. The second kappa shape index (κ2) is 4.88. The van der Waals surface area contributed by atoms with E-state index in [0.717, 1.165) is 4.68 Å². The molecule has 106 valence electrons. The van der Waals surface area contributed by atoms with E-state index in [0.29, 0.717) is 11.6 Å². The number of benzene rings is 2. The minimum Gasteiger partial charge on any atom is -0.478 e. The third-order valence-corrected chi connectivity index (χ3v) is 3.52. The third kappa shape index (κ3) is 2.17. The SMILES string of the molecule is O=C(O)c1cccc2nnn(-c3cc(Br)c(F)cc3F)c12. The summed E-state index contributed by atoms with van der Waals surface area (Å²) < 4.78 is 28.3. The highest BCUT2D eigenvalue weighted by molar-refractivity contribution is 9.10. The predicted molar refractivity (Wildman–Crippen MR) is 73.4 cm³/mol. The van der Waals surface area contributed by atoms with E-state index < -0.39 is 17.6 Å². The molecule has 8 heteroatoms. The van der Waals surface area contributed by atoms with Crippen molar-refractivity contribution >= 4 is 32.9 Å². The number of carbonyl (C=O) groups is 1. The Bertz CT molecular complexity index is 879. The Hall–Kier alpha value is -2.35. The highest BCUT2D eigenvalue weighted by atomic mass is 79.9. The number of aromatic nitrogens is 3. The van der Waals surface area contributed by atoms with Crippen molar-refractivity contribution in [3.8, 4) is 5.69 Å². The lowest BCUT2D eigenvalue weighted by Gasteiger charge is -2.07. The monoisotopic (exact) mass is 353 g/mol. The van der Waals surface area contributed by atoms with E-state index in [9.17, 15) is 18.7 Å². The van der Waals surface area contributed by atoms with Crippen LogP contribution in [0, 0.1) is 11.6 Å². The van der Waals surface area contributed by atoms with Gasteiger partial charge in [0.2, 0.25) is 0 Å². The first-order valence-electron chi connectivity index (χ1n) is 5.71. The Morgan fingerprint density at radius 1 is 1.24 bits per heavy atom. The summed E-state index contributed by atoms with van der Waals surface area (Å²) in [5, 5.41) is 16.8. The van der Waals surface area contributed by atoms with Gasteiger partial charge in [0.15, 0.2) is 5.82 Å². The fraction of sp³-hybridized carbons (Fsp3) is 0. The normalized spacial score (nSPS) is 11.0. The molecule has 2 aromatic carbocycles. The molecule has 0 saturated carbocycles. The van der Waals surface area contributed by atoms with Crippen molar-refractivity contribution in [2.24, 2.45) is 0 Å². The van der Waals surface area contributed by atoms with Crippen LogP contribution >= 0.6 is 15.9 Å². The molecule has 3 rings (SSSR count). The molecule has 0 unspecified atom stereocenters. The second-order valence-electron chi connectivity index (χ2n) is 4.20. The minimum atomic E-state index is -1.19. The highest BCUT2D eigenvalue weighted by Crippen LogP contribution is 2.26. The summed E-state index contributed by atoms with van der Waals surface area (Å²) in [6, 6.07) is 6.30. The van der Waals surface area contributed by atoms with Gasteiger partial charge < -0.3 is 5.11 Å². The zero-order valence-corrected chi connectivity index (χ0v) is 11.8. The second-order valence-corrected chi connectivity index (χ2v) is 5.05. The van der Waals surface area contributed by atoms with Crippen molar-refractivity contribution in [2.75, 3.05) is 0 Å². The molecule has 0 amide bonds. The molecule has 0 fully saturated rings. The number of fused-ring (bicyclic) bond motifs is 1. The lowest BCUT2D eigenvalue weighted by molar-refractivity contribution is 0.0698. The number of halogens is 3. The van der Waals surface area contributed by atoms with Crippen LogP contribution in [0.5, 0.6) is 0 Å². The van der Waals surface area contributed by atoms with E-state index in [1.54, 1.807) is 6.07 Å². The molecule has 0 aliphatic rings. The van der Waals surface area contributed by atoms with Crippen LogP contribution in [0.2, 0.25) is 0 Å². The fourth-order valence-electron chi connectivity index (χ4n) is 1.99. The van der Waals surface area contributed by atoms with Crippen LogP contribution in [0.1, 0.15) is 10.4 Å². The number of hydrogen-bond donors (Lipinski definition) is 1. The van der Waals surface area contributed by atoms with E-state index in [1.165, 1.54) is 18.2 Å². The van der Waals surface area contributed by atoms with Crippen molar-refractivity contribution in [1.29, 1.82) is 0 Å². The molecule has 0 atom stereocenters. The van der Waals surface area contributed by atoms with Gasteiger partial charge in [0.05, 0.1) is 10.0 Å². The average molecular weight is 354 g/mol. The van der Waals surface area contributed by atoms with Crippen LogP contribution in [0.3, 0.4) is 0 Å². The number of carboxylic acids is 1. The van der Waals surface area contributed by atoms with Gasteiger partial charge in [-0.05, 0) is 34.1 Å². The first-order valence-corrected chi connectivity index (χ1v) is 6.51. The molecule has 5 nitrogen and oxygen atoms in total. The summed E-state index contributed by atoms with van der Waals surface area (Å²) in [7, 11) is 0. The largest absolute Gasteiger partial charge is 0.478 e. The maximum absolute atomic E-state index is 14.0. The van der Waals surface area contributed by atoms with Crippen LogP contribution in [0.15, 0.2) is 34.8 Å². The Morgan fingerprint density at radius 2 is 2.00 bits per heavy atom. The number of rotatable bonds is 2. The summed E-state index contributed by atoms with van der Waals surface area (Å²) in [6.07, 6.45) is 0. The van der Waals surface area contributed by atoms with Crippen molar-refractivity contribution in [3.05, 3.63) is 52.0 Å². The van der Waals surface area contributed by atoms with Gasteiger partial charge in [0.1, 0.15) is 22.5 Å². The van der Waals surface area contributed by atoms with Gasteiger partial charge >= 0.3 is 5.97 Å². The third-order valence-electron chi connectivity index (χ3n) is 2.92.